The molecule has 0 fully saturated rings. The van der Waals surface area contributed by atoms with Gasteiger partial charge in [0.1, 0.15) is 5.82 Å². The molecule has 0 radical (unpaired) electrons. The third-order valence-electron chi connectivity index (χ3n) is 1.49. The molecular weight excluding hydrogens is 200 g/mol. The minimum absolute atomic E-state index is 0.127. The number of rotatable bonds is 4. The van der Waals surface area contributed by atoms with Crippen LogP contribution in [0.2, 0.25) is 0 Å². The van der Waals surface area contributed by atoms with Crippen molar-refractivity contribution in [3.8, 4) is 6.07 Å². The van der Waals surface area contributed by atoms with Gasteiger partial charge in [-0.1, -0.05) is 0 Å². The average molecular weight is 210 g/mol. The van der Waals surface area contributed by atoms with Crippen LogP contribution in [0.25, 0.3) is 0 Å². The van der Waals surface area contributed by atoms with E-state index in [4.69, 9.17) is 5.26 Å². The molecule has 0 saturated carbocycles. The fourth-order valence-electron chi connectivity index (χ4n) is 0.838. The van der Waals surface area contributed by atoms with E-state index in [1.807, 2.05) is 13.0 Å². The molecule has 14 heavy (non-hydrogen) atoms. The van der Waals surface area contributed by atoms with Gasteiger partial charge in [-0.3, -0.25) is 9.89 Å². The number of nitrogens with zero attached hydrogens (tertiary/aromatic N) is 2. The zero-order valence-electron chi connectivity index (χ0n) is 7.70. The van der Waals surface area contributed by atoms with Gasteiger partial charge in [0.25, 0.3) is 0 Å². The fourth-order valence-corrected chi connectivity index (χ4v) is 1.29. The molecule has 74 valence electrons. The Morgan fingerprint density at radius 2 is 2.64 bits per heavy atom. The summed E-state index contributed by atoms with van der Waals surface area (Å²) in [6.45, 7) is 1.85. The van der Waals surface area contributed by atoms with Crippen molar-refractivity contribution in [2.24, 2.45) is 0 Å². The monoisotopic (exact) mass is 210 g/mol. The maximum absolute atomic E-state index is 11.2. The number of nitriles is 1. The van der Waals surface area contributed by atoms with Crippen LogP contribution >= 0.6 is 11.8 Å². The van der Waals surface area contributed by atoms with Crippen molar-refractivity contribution in [3.05, 3.63) is 11.8 Å². The molecule has 0 aliphatic heterocycles. The van der Waals surface area contributed by atoms with Crippen LogP contribution in [-0.4, -0.2) is 27.6 Å². The van der Waals surface area contributed by atoms with Crippen molar-refractivity contribution in [3.63, 3.8) is 0 Å². The number of aryl methyl sites for hydroxylation is 1. The van der Waals surface area contributed by atoms with Crippen LogP contribution in [0.15, 0.2) is 6.20 Å². The summed E-state index contributed by atoms with van der Waals surface area (Å²) in [6.07, 6.45) is 1.64. The smallest absolute Gasteiger partial charge is 0.235 e. The number of aromatic amines is 1. The maximum Gasteiger partial charge on any atom is 0.235 e. The molecule has 1 rings (SSSR count). The van der Waals surface area contributed by atoms with Crippen molar-refractivity contribution in [2.45, 2.75) is 6.92 Å². The summed E-state index contributed by atoms with van der Waals surface area (Å²) in [5.74, 6) is 1.10. The van der Waals surface area contributed by atoms with Gasteiger partial charge in [-0.05, 0) is 6.92 Å². The number of carbonyl (C=O) groups is 1. The van der Waals surface area contributed by atoms with Crippen molar-refractivity contribution in [1.29, 1.82) is 5.26 Å². The Labute approximate surface area is 85.9 Å². The number of H-pyrrole nitrogens is 1. The molecule has 0 spiro atoms. The van der Waals surface area contributed by atoms with Gasteiger partial charge >= 0.3 is 0 Å². The highest BCUT2D eigenvalue weighted by Crippen LogP contribution is 2.09. The standard InChI is InChI=1S/C8H10N4OS/c1-6-4-10-12-8(6)11-7(13)5-14-3-2-9/h4H,3,5H2,1H3,(H2,10,11,12,13). The van der Waals surface area contributed by atoms with E-state index in [2.05, 4.69) is 15.5 Å². The first kappa shape index (κ1) is 10.6. The van der Waals surface area contributed by atoms with Crippen molar-refractivity contribution in [1.82, 2.24) is 10.2 Å². The lowest BCUT2D eigenvalue weighted by Crippen LogP contribution is -2.15. The van der Waals surface area contributed by atoms with E-state index in [-0.39, 0.29) is 11.7 Å². The Bertz CT molecular complexity index is 354. The molecule has 0 saturated heterocycles. The summed E-state index contributed by atoms with van der Waals surface area (Å²) in [7, 11) is 0. The zero-order chi connectivity index (χ0) is 10.4. The quantitative estimate of drug-likeness (QED) is 0.724. The van der Waals surface area contributed by atoms with Gasteiger partial charge in [-0.2, -0.15) is 10.4 Å². The largest absolute Gasteiger partial charge is 0.310 e. The van der Waals surface area contributed by atoms with Gasteiger partial charge in [-0.15, -0.1) is 11.8 Å². The van der Waals surface area contributed by atoms with Gasteiger partial charge < -0.3 is 5.32 Å². The highest BCUT2D eigenvalue weighted by atomic mass is 32.2. The van der Waals surface area contributed by atoms with Crippen LogP contribution < -0.4 is 5.32 Å². The summed E-state index contributed by atoms with van der Waals surface area (Å²) >= 11 is 1.28. The number of thioether (sulfide) groups is 1. The van der Waals surface area contributed by atoms with E-state index in [1.54, 1.807) is 6.20 Å². The van der Waals surface area contributed by atoms with E-state index in [9.17, 15) is 4.79 Å². The van der Waals surface area contributed by atoms with Crippen LogP contribution in [0.4, 0.5) is 5.82 Å². The van der Waals surface area contributed by atoms with Gasteiger partial charge in [-0.25, -0.2) is 0 Å². The number of amides is 1. The number of aromatic nitrogens is 2. The van der Waals surface area contributed by atoms with E-state index in [0.29, 0.717) is 11.6 Å². The lowest BCUT2D eigenvalue weighted by Gasteiger charge is -2.01. The lowest BCUT2D eigenvalue weighted by atomic mass is 10.4. The number of anilines is 1. The molecule has 0 aliphatic rings. The molecule has 0 unspecified atom stereocenters. The van der Waals surface area contributed by atoms with E-state index in [1.165, 1.54) is 11.8 Å². The Kier molecular flexibility index (Phi) is 4.01. The molecule has 5 nitrogen and oxygen atoms in total. The number of nitrogens with one attached hydrogen (secondary N) is 2. The second kappa shape index (κ2) is 5.29. The molecule has 1 aromatic rings. The third kappa shape index (κ3) is 3.11. The first-order valence-corrected chi connectivity index (χ1v) is 5.14. The predicted octanol–water partition coefficient (Wildman–Crippen LogP) is 0.913. The molecule has 6 heteroatoms. The van der Waals surface area contributed by atoms with Crippen molar-refractivity contribution >= 4 is 23.5 Å². The van der Waals surface area contributed by atoms with Crippen LogP contribution in [0.1, 0.15) is 5.56 Å². The molecule has 1 heterocycles. The SMILES string of the molecule is Cc1cn[nH]c1NC(=O)CSCC#N. The Morgan fingerprint density at radius 1 is 1.86 bits per heavy atom. The zero-order valence-corrected chi connectivity index (χ0v) is 8.52. The summed E-state index contributed by atoms with van der Waals surface area (Å²) < 4.78 is 0. The van der Waals surface area contributed by atoms with Crippen LogP contribution in [0.5, 0.6) is 0 Å². The Balaban J connectivity index is 2.35. The number of hydrogen-bond donors (Lipinski definition) is 2. The summed E-state index contributed by atoms with van der Waals surface area (Å²) in [4.78, 5) is 11.2. The van der Waals surface area contributed by atoms with Crippen LogP contribution in [0.3, 0.4) is 0 Å². The first-order valence-electron chi connectivity index (χ1n) is 3.98. The summed E-state index contributed by atoms with van der Waals surface area (Å²) in [6, 6.07) is 1.96. The Hall–Kier alpha value is -1.48. The van der Waals surface area contributed by atoms with Crippen LogP contribution in [-0.2, 0) is 4.79 Å². The summed E-state index contributed by atoms with van der Waals surface area (Å²) in [5.41, 5.74) is 0.892. The molecule has 0 atom stereocenters. The molecule has 0 bridgehead atoms. The van der Waals surface area contributed by atoms with Gasteiger partial charge in [0.05, 0.1) is 23.8 Å². The molecule has 0 aromatic carbocycles. The fraction of sp³-hybridized carbons (Fsp3) is 0.375. The minimum Gasteiger partial charge on any atom is -0.310 e. The average Bonchev–Trinajstić information content (AvgIpc) is 2.52. The van der Waals surface area contributed by atoms with E-state index in [0.717, 1.165) is 5.56 Å². The normalized spacial score (nSPS) is 9.43. The lowest BCUT2D eigenvalue weighted by molar-refractivity contribution is -0.113. The highest BCUT2D eigenvalue weighted by Gasteiger charge is 2.05. The van der Waals surface area contributed by atoms with Crippen molar-refractivity contribution < 1.29 is 4.79 Å². The maximum atomic E-state index is 11.2. The predicted molar refractivity (Wildman–Crippen MR) is 54.9 cm³/mol. The molecule has 2 N–H and O–H groups in total. The minimum atomic E-state index is -0.127. The topological polar surface area (TPSA) is 81.6 Å². The summed E-state index contributed by atoms with van der Waals surface area (Å²) in [5, 5.41) is 17.4. The van der Waals surface area contributed by atoms with E-state index >= 15 is 0 Å². The number of hydrogen-bond acceptors (Lipinski definition) is 4. The molecule has 1 amide bonds. The second-order valence-electron chi connectivity index (χ2n) is 2.63. The van der Waals surface area contributed by atoms with E-state index < -0.39 is 0 Å². The molecule has 1 aromatic heterocycles. The first-order chi connectivity index (χ1) is 6.74. The molecular formula is C8H10N4OS. The molecule has 0 aliphatic carbocycles. The van der Waals surface area contributed by atoms with Gasteiger partial charge in [0, 0.05) is 5.56 Å². The Morgan fingerprint density at radius 3 is 3.21 bits per heavy atom. The van der Waals surface area contributed by atoms with Gasteiger partial charge in [0.2, 0.25) is 5.91 Å². The van der Waals surface area contributed by atoms with Crippen LogP contribution in [0, 0.1) is 18.3 Å². The third-order valence-corrected chi connectivity index (χ3v) is 2.29. The van der Waals surface area contributed by atoms with Gasteiger partial charge in [0.15, 0.2) is 0 Å². The highest BCUT2D eigenvalue weighted by molar-refractivity contribution is 8.00. The second-order valence-corrected chi connectivity index (χ2v) is 3.61. The van der Waals surface area contributed by atoms with Crippen molar-refractivity contribution in [2.75, 3.05) is 16.8 Å². The number of carbonyl (C=O) groups excluding carboxylic acids is 1.